The Kier molecular flexibility index (Phi) is 5.00. The average molecular weight is 224 g/mol. The van der Waals surface area contributed by atoms with E-state index in [2.05, 4.69) is 26.1 Å². The molecular formula is C13H24N2O. The van der Waals surface area contributed by atoms with Crippen LogP contribution in [0, 0.1) is 11.8 Å². The molecule has 0 aromatic heterocycles. The molecule has 0 heterocycles. The summed E-state index contributed by atoms with van der Waals surface area (Å²) in [4.78, 5) is 11.9. The average Bonchev–Trinajstić information content (AvgIpc) is 2.66. The molecule has 0 aliphatic heterocycles. The number of rotatable bonds is 5. The number of amides is 1. The summed E-state index contributed by atoms with van der Waals surface area (Å²) in [6.45, 7) is 6.43. The van der Waals surface area contributed by atoms with E-state index in [1.54, 1.807) is 0 Å². The summed E-state index contributed by atoms with van der Waals surface area (Å²) in [5.41, 5.74) is 5.74. The van der Waals surface area contributed by atoms with Crippen molar-refractivity contribution in [2.75, 3.05) is 0 Å². The van der Waals surface area contributed by atoms with Gasteiger partial charge in [-0.1, -0.05) is 38.8 Å². The van der Waals surface area contributed by atoms with Crippen molar-refractivity contribution in [3.05, 3.63) is 12.2 Å². The van der Waals surface area contributed by atoms with E-state index in [1.165, 1.54) is 0 Å². The van der Waals surface area contributed by atoms with Crippen molar-refractivity contribution in [1.29, 1.82) is 0 Å². The fraction of sp³-hybridized carbons (Fsp3) is 0.769. The van der Waals surface area contributed by atoms with Crippen molar-refractivity contribution in [3.8, 4) is 0 Å². The summed E-state index contributed by atoms with van der Waals surface area (Å²) in [5, 5.41) is 3.10. The Morgan fingerprint density at radius 1 is 1.44 bits per heavy atom. The van der Waals surface area contributed by atoms with Crippen LogP contribution < -0.4 is 11.1 Å². The molecule has 3 nitrogen and oxygen atoms in total. The molecule has 3 unspecified atom stereocenters. The lowest BCUT2D eigenvalue weighted by atomic mass is 9.95. The van der Waals surface area contributed by atoms with Crippen LogP contribution in [0.15, 0.2) is 12.2 Å². The summed E-state index contributed by atoms with van der Waals surface area (Å²) < 4.78 is 0. The molecule has 0 bridgehead atoms. The van der Waals surface area contributed by atoms with Crippen LogP contribution in [-0.2, 0) is 4.79 Å². The molecule has 3 heteroatoms. The predicted molar refractivity (Wildman–Crippen MR) is 66.9 cm³/mol. The van der Waals surface area contributed by atoms with Gasteiger partial charge in [0.2, 0.25) is 5.91 Å². The number of carbonyl (C=O) groups is 1. The lowest BCUT2D eigenvalue weighted by molar-refractivity contribution is -0.124. The first-order valence-electron chi connectivity index (χ1n) is 6.32. The number of carbonyl (C=O) groups excluding carboxylic acids is 1. The Labute approximate surface area is 98.5 Å². The van der Waals surface area contributed by atoms with Crippen molar-refractivity contribution in [2.24, 2.45) is 17.6 Å². The third-order valence-electron chi connectivity index (χ3n) is 3.58. The summed E-state index contributed by atoms with van der Waals surface area (Å²) in [5.74, 6) is 0.679. The first-order chi connectivity index (χ1) is 7.58. The summed E-state index contributed by atoms with van der Waals surface area (Å²) >= 11 is 0. The van der Waals surface area contributed by atoms with Gasteiger partial charge >= 0.3 is 0 Å². The largest absolute Gasteiger partial charge is 0.353 e. The third-order valence-corrected chi connectivity index (χ3v) is 3.58. The minimum atomic E-state index is -0.0215. The van der Waals surface area contributed by atoms with Crippen LogP contribution in [0.2, 0.25) is 0 Å². The van der Waals surface area contributed by atoms with E-state index >= 15 is 0 Å². The van der Waals surface area contributed by atoms with Gasteiger partial charge in [-0.2, -0.15) is 0 Å². The predicted octanol–water partition coefficient (Wildman–Crippen LogP) is 1.83. The van der Waals surface area contributed by atoms with Crippen molar-refractivity contribution in [1.82, 2.24) is 5.32 Å². The third kappa shape index (κ3) is 3.34. The van der Waals surface area contributed by atoms with Gasteiger partial charge < -0.3 is 11.1 Å². The maximum absolute atomic E-state index is 11.9. The molecule has 1 aliphatic rings. The van der Waals surface area contributed by atoms with Crippen LogP contribution >= 0.6 is 0 Å². The van der Waals surface area contributed by atoms with Crippen molar-refractivity contribution in [2.45, 2.75) is 52.1 Å². The van der Waals surface area contributed by atoms with Crippen LogP contribution in [0.5, 0.6) is 0 Å². The topological polar surface area (TPSA) is 55.1 Å². The molecule has 1 aliphatic carbocycles. The Balaban J connectivity index is 2.42. The molecule has 92 valence electrons. The maximum Gasteiger partial charge on any atom is 0.227 e. The van der Waals surface area contributed by atoms with Gasteiger partial charge in [-0.25, -0.2) is 0 Å². The van der Waals surface area contributed by atoms with Gasteiger partial charge in [-0.3, -0.25) is 4.79 Å². The second-order valence-corrected chi connectivity index (χ2v) is 4.76. The van der Waals surface area contributed by atoms with E-state index in [4.69, 9.17) is 5.73 Å². The number of nitrogens with one attached hydrogen (secondary N) is 1. The van der Waals surface area contributed by atoms with Gasteiger partial charge in [0.1, 0.15) is 0 Å². The van der Waals surface area contributed by atoms with Crippen molar-refractivity contribution < 1.29 is 4.79 Å². The number of hydrogen-bond donors (Lipinski definition) is 2. The van der Waals surface area contributed by atoms with Gasteiger partial charge in [0.05, 0.1) is 5.92 Å². The zero-order chi connectivity index (χ0) is 12.1. The highest BCUT2D eigenvalue weighted by atomic mass is 16.1. The highest BCUT2D eigenvalue weighted by Gasteiger charge is 2.25. The van der Waals surface area contributed by atoms with E-state index in [0.29, 0.717) is 5.92 Å². The molecule has 3 atom stereocenters. The Morgan fingerprint density at radius 2 is 2.06 bits per heavy atom. The van der Waals surface area contributed by atoms with Crippen LogP contribution in [0.1, 0.15) is 40.0 Å². The Morgan fingerprint density at radius 3 is 2.50 bits per heavy atom. The van der Waals surface area contributed by atoms with Crippen LogP contribution in [0.25, 0.3) is 0 Å². The van der Waals surface area contributed by atoms with Gasteiger partial charge in [0.25, 0.3) is 0 Å². The van der Waals surface area contributed by atoms with Gasteiger partial charge in [0, 0.05) is 12.1 Å². The van der Waals surface area contributed by atoms with Crippen LogP contribution in [0.3, 0.4) is 0 Å². The molecule has 3 N–H and O–H groups in total. The van der Waals surface area contributed by atoms with Gasteiger partial charge in [0.15, 0.2) is 0 Å². The first kappa shape index (κ1) is 13.2. The van der Waals surface area contributed by atoms with E-state index in [0.717, 1.165) is 19.3 Å². The standard InChI is InChI=1S/C13H24N2O/c1-4-10(5-2)9(3)15-13(16)11-6-7-12(14)8-11/h6-7,9-12H,4-5,8,14H2,1-3H3,(H,15,16). The highest BCUT2D eigenvalue weighted by Crippen LogP contribution is 2.18. The van der Waals surface area contributed by atoms with E-state index in [1.807, 2.05) is 12.2 Å². The molecule has 0 saturated carbocycles. The second kappa shape index (κ2) is 6.04. The molecule has 1 rings (SSSR count). The fourth-order valence-corrected chi connectivity index (χ4v) is 2.37. The second-order valence-electron chi connectivity index (χ2n) is 4.76. The Bertz CT molecular complexity index is 259. The SMILES string of the molecule is CCC(CC)C(C)NC(=O)C1C=CC(N)C1. The van der Waals surface area contributed by atoms with Crippen molar-refractivity contribution in [3.63, 3.8) is 0 Å². The summed E-state index contributed by atoms with van der Waals surface area (Å²) in [7, 11) is 0. The lowest BCUT2D eigenvalue weighted by Gasteiger charge is -2.23. The quantitative estimate of drug-likeness (QED) is 0.700. The van der Waals surface area contributed by atoms with E-state index in [-0.39, 0.29) is 23.9 Å². The molecule has 0 aromatic rings. The maximum atomic E-state index is 11.9. The molecule has 0 saturated heterocycles. The van der Waals surface area contributed by atoms with E-state index in [9.17, 15) is 4.79 Å². The van der Waals surface area contributed by atoms with Gasteiger partial charge in [-0.15, -0.1) is 0 Å². The van der Waals surface area contributed by atoms with Crippen LogP contribution in [-0.4, -0.2) is 18.0 Å². The number of nitrogens with two attached hydrogens (primary N) is 1. The molecule has 0 fully saturated rings. The highest BCUT2D eigenvalue weighted by molar-refractivity contribution is 5.81. The first-order valence-corrected chi connectivity index (χ1v) is 6.32. The molecule has 0 spiro atoms. The molecule has 0 radical (unpaired) electrons. The van der Waals surface area contributed by atoms with Crippen LogP contribution in [0.4, 0.5) is 0 Å². The van der Waals surface area contributed by atoms with Crippen molar-refractivity contribution >= 4 is 5.91 Å². The molecule has 1 amide bonds. The molecular weight excluding hydrogens is 200 g/mol. The van der Waals surface area contributed by atoms with E-state index < -0.39 is 0 Å². The zero-order valence-electron chi connectivity index (χ0n) is 10.6. The lowest BCUT2D eigenvalue weighted by Crippen LogP contribution is -2.40. The fourth-order valence-electron chi connectivity index (χ4n) is 2.37. The number of hydrogen-bond acceptors (Lipinski definition) is 2. The normalized spacial score (nSPS) is 26.1. The molecule has 16 heavy (non-hydrogen) atoms. The zero-order valence-corrected chi connectivity index (χ0v) is 10.6. The molecule has 0 aromatic carbocycles. The Hall–Kier alpha value is -0.830. The monoisotopic (exact) mass is 224 g/mol. The smallest absolute Gasteiger partial charge is 0.227 e. The summed E-state index contributed by atoms with van der Waals surface area (Å²) in [6.07, 6.45) is 6.82. The summed E-state index contributed by atoms with van der Waals surface area (Å²) in [6, 6.07) is 0.312. The minimum Gasteiger partial charge on any atom is -0.353 e. The van der Waals surface area contributed by atoms with Gasteiger partial charge in [-0.05, 0) is 19.3 Å². The minimum absolute atomic E-state index is 0.0215.